The number of aliphatic hydroxyl groups excluding tert-OH is 1. The van der Waals surface area contributed by atoms with Crippen molar-refractivity contribution in [3.8, 4) is 11.1 Å². The highest BCUT2D eigenvalue weighted by Crippen LogP contribution is 2.39. The van der Waals surface area contributed by atoms with Crippen LogP contribution in [0.15, 0.2) is 127 Å². The highest BCUT2D eigenvalue weighted by atomic mass is 16.7. The molecule has 10 heteroatoms. The molecule has 3 atom stereocenters. The number of piperazine rings is 1. The van der Waals surface area contributed by atoms with Gasteiger partial charge < -0.3 is 30.9 Å². The molecule has 7 rings (SSSR count). The number of nitrogens with one attached hydrogen (secondary N) is 2. The number of para-hydroxylation sites is 2. The van der Waals surface area contributed by atoms with Crippen LogP contribution in [0.5, 0.6) is 0 Å². The maximum atomic E-state index is 12.8. The number of hydrogen-bond donors (Lipinski definition) is 4. The third-order valence-electron chi connectivity index (χ3n) is 11.6. The Balaban J connectivity index is 0.906. The van der Waals surface area contributed by atoms with E-state index in [1.807, 2.05) is 36.4 Å². The Morgan fingerprint density at radius 2 is 1.32 bits per heavy atom. The molecule has 2 amide bonds. The van der Waals surface area contributed by atoms with Crippen LogP contribution < -0.4 is 16.4 Å². The van der Waals surface area contributed by atoms with Crippen LogP contribution in [0.2, 0.25) is 0 Å². The molecule has 10 nitrogen and oxygen atoms in total. The highest BCUT2D eigenvalue weighted by molar-refractivity contribution is 5.93. The number of anilines is 2. The monoisotopic (exact) mass is 809 g/mol. The number of rotatable bonds is 18. The van der Waals surface area contributed by atoms with Crippen LogP contribution in [0.3, 0.4) is 0 Å². The lowest BCUT2D eigenvalue weighted by Gasteiger charge is -2.40. The number of nitrogens with two attached hydrogens (primary N) is 1. The normalized spacial score (nSPS) is 18.5. The van der Waals surface area contributed by atoms with E-state index in [0.29, 0.717) is 30.8 Å². The topological polar surface area (TPSA) is 129 Å². The molecule has 0 saturated carbocycles. The van der Waals surface area contributed by atoms with Gasteiger partial charge in [0.15, 0.2) is 6.29 Å². The molecule has 2 aliphatic heterocycles. The molecule has 0 aromatic heterocycles. The summed E-state index contributed by atoms with van der Waals surface area (Å²) >= 11 is 0. The number of aliphatic hydroxyl groups is 1. The van der Waals surface area contributed by atoms with Gasteiger partial charge in [-0.15, -0.1) is 0 Å². The molecule has 3 unspecified atom stereocenters. The molecule has 0 bridgehead atoms. The molecule has 5 N–H and O–H groups in total. The summed E-state index contributed by atoms with van der Waals surface area (Å²) in [4.78, 5) is 30.2. The largest absolute Gasteiger partial charge is 0.397 e. The van der Waals surface area contributed by atoms with Crippen molar-refractivity contribution in [3.63, 3.8) is 0 Å². The van der Waals surface area contributed by atoms with Gasteiger partial charge in [0, 0.05) is 70.6 Å². The van der Waals surface area contributed by atoms with Gasteiger partial charge in [-0.25, -0.2) is 0 Å². The van der Waals surface area contributed by atoms with Crippen LogP contribution in [0.4, 0.5) is 11.4 Å². The summed E-state index contributed by atoms with van der Waals surface area (Å²) in [6.45, 7) is 6.30. The van der Waals surface area contributed by atoms with E-state index in [0.717, 1.165) is 105 Å². The quantitative estimate of drug-likeness (QED) is 0.0514. The molecular formula is C50H59N5O5. The lowest BCUT2D eigenvalue weighted by molar-refractivity contribution is -0.253. The second-order valence-corrected chi connectivity index (χ2v) is 16.0. The summed E-state index contributed by atoms with van der Waals surface area (Å²) in [6, 6.07) is 42.6. The number of unbranched alkanes of at least 4 members (excludes halogenated alkanes) is 3. The van der Waals surface area contributed by atoms with Crippen molar-refractivity contribution < 1.29 is 24.2 Å². The lowest BCUT2D eigenvalue weighted by Crippen LogP contribution is -2.49. The molecule has 2 aliphatic rings. The molecule has 0 radical (unpaired) electrons. The predicted molar refractivity (Wildman–Crippen MR) is 237 cm³/mol. The zero-order valence-corrected chi connectivity index (χ0v) is 34.5. The zero-order chi connectivity index (χ0) is 41.5. The average molecular weight is 810 g/mol. The fourth-order valence-electron chi connectivity index (χ4n) is 8.10. The van der Waals surface area contributed by atoms with Crippen LogP contribution in [-0.4, -0.2) is 65.5 Å². The minimum absolute atomic E-state index is 0.00914. The molecular weight excluding hydrogens is 751 g/mol. The number of nitrogens with zero attached hydrogens (tertiary/aromatic N) is 2. The molecule has 2 heterocycles. The Bertz CT molecular complexity index is 2100. The minimum Gasteiger partial charge on any atom is -0.397 e. The van der Waals surface area contributed by atoms with E-state index in [4.69, 9.17) is 15.2 Å². The van der Waals surface area contributed by atoms with Crippen molar-refractivity contribution in [1.82, 2.24) is 15.1 Å². The summed E-state index contributed by atoms with van der Waals surface area (Å²) < 4.78 is 13.4. The fourth-order valence-corrected chi connectivity index (χ4v) is 8.10. The van der Waals surface area contributed by atoms with Gasteiger partial charge in [-0.2, -0.15) is 0 Å². The van der Waals surface area contributed by atoms with Gasteiger partial charge in [-0.3, -0.25) is 19.4 Å². The number of hydrogen-bond acceptors (Lipinski definition) is 8. The first-order valence-corrected chi connectivity index (χ1v) is 21.5. The van der Waals surface area contributed by atoms with E-state index in [-0.39, 0.29) is 30.6 Å². The maximum absolute atomic E-state index is 12.8. The molecule has 0 aliphatic carbocycles. The van der Waals surface area contributed by atoms with Crippen molar-refractivity contribution in [3.05, 3.63) is 155 Å². The number of amides is 2. The molecule has 314 valence electrons. The van der Waals surface area contributed by atoms with Gasteiger partial charge in [0.2, 0.25) is 11.8 Å². The molecule has 5 aromatic rings. The summed E-state index contributed by atoms with van der Waals surface area (Å²) in [5, 5.41) is 15.6. The third kappa shape index (κ3) is 12.3. The Kier molecular flexibility index (Phi) is 15.5. The first-order valence-electron chi connectivity index (χ1n) is 21.5. The Hall–Kier alpha value is -5.36. The van der Waals surface area contributed by atoms with Gasteiger partial charge in [-0.05, 0) is 58.4 Å². The van der Waals surface area contributed by atoms with Gasteiger partial charge in [0.1, 0.15) is 0 Å². The Morgan fingerprint density at radius 1 is 0.667 bits per heavy atom. The van der Waals surface area contributed by atoms with Crippen LogP contribution in [0.25, 0.3) is 11.1 Å². The van der Waals surface area contributed by atoms with Gasteiger partial charge >= 0.3 is 0 Å². The van der Waals surface area contributed by atoms with Crippen molar-refractivity contribution in [2.75, 3.05) is 43.8 Å². The standard InChI is InChI=1S/C50H59N5O5/c51-45-16-10-11-17-46(45)53-49(58)19-7-2-1-6-18-48(57)52-33-42-14-8-9-15-44(42)39-24-26-41(27-25-39)50-59-43(32-47(60-50)40-22-20-38(36-56)21-23-40)35-55-30-28-54(29-31-55)34-37-12-4-3-5-13-37/h3-5,8-17,20-27,43,47,50,56H,1-2,6-7,18-19,28-36,51H2,(H,52,57)(H,53,58). The molecule has 0 spiro atoms. The van der Waals surface area contributed by atoms with E-state index in [2.05, 4.69) is 99.3 Å². The minimum atomic E-state index is -0.528. The van der Waals surface area contributed by atoms with Crippen molar-refractivity contribution >= 4 is 23.2 Å². The van der Waals surface area contributed by atoms with Crippen LogP contribution in [0.1, 0.15) is 85.2 Å². The van der Waals surface area contributed by atoms with E-state index < -0.39 is 6.29 Å². The number of carbonyl (C=O) groups excluding carboxylic acids is 2. The Morgan fingerprint density at radius 3 is 2.05 bits per heavy atom. The van der Waals surface area contributed by atoms with Gasteiger partial charge in [-0.1, -0.05) is 128 Å². The SMILES string of the molecule is Nc1ccccc1NC(=O)CCCCCCC(=O)NCc1ccccc1-c1ccc(C2OC(CN3CCN(Cc4ccccc4)CC3)CC(c3ccc(CO)cc3)O2)cc1. The summed E-state index contributed by atoms with van der Waals surface area (Å²) in [6.07, 6.45) is 4.24. The average Bonchev–Trinajstić information content (AvgIpc) is 3.29. The maximum Gasteiger partial charge on any atom is 0.224 e. The van der Waals surface area contributed by atoms with Crippen molar-refractivity contribution in [2.45, 2.75) is 83.1 Å². The van der Waals surface area contributed by atoms with Gasteiger partial charge in [0.25, 0.3) is 0 Å². The second kappa shape index (κ2) is 21.8. The summed E-state index contributed by atoms with van der Waals surface area (Å²) in [5.74, 6) is -0.0260. The third-order valence-corrected chi connectivity index (χ3v) is 11.6. The van der Waals surface area contributed by atoms with Crippen LogP contribution in [-0.2, 0) is 38.8 Å². The van der Waals surface area contributed by atoms with Crippen molar-refractivity contribution in [1.29, 1.82) is 0 Å². The van der Waals surface area contributed by atoms with Crippen molar-refractivity contribution in [2.24, 2.45) is 0 Å². The second-order valence-electron chi connectivity index (χ2n) is 16.0. The lowest BCUT2D eigenvalue weighted by atomic mass is 9.97. The number of nitrogen functional groups attached to an aromatic ring is 1. The summed E-state index contributed by atoms with van der Waals surface area (Å²) in [5.41, 5.74) is 14.6. The first-order chi connectivity index (χ1) is 29.4. The Labute approximate surface area is 354 Å². The highest BCUT2D eigenvalue weighted by Gasteiger charge is 2.34. The number of carbonyl (C=O) groups is 2. The molecule has 2 saturated heterocycles. The van der Waals surface area contributed by atoms with E-state index in [9.17, 15) is 14.7 Å². The molecule has 60 heavy (non-hydrogen) atoms. The number of ether oxygens (including phenoxy) is 2. The van der Waals surface area contributed by atoms with Crippen LogP contribution >= 0.6 is 0 Å². The van der Waals surface area contributed by atoms with E-state index in [1.165, 1.54) is 5.56 Å². The van der Waals surface area contributed by atoms with Crippen LogP contribution in [0, 0.1) is 0 Å². The van der Waals surface area contributed by atoms with E-state index in [1.54, 1.807) is 12.1 Å². The van der Waals surface area contributed by atoms with E-state index >= 15 is 0 Å². The van der Waals surface area contributed by atoms with Gasteiger partial charge in [0.05, 0.1) is 30.2 Å². The number of benzene rings is 5. The summed E-state index contributed by atoms with van der Waals surface area (Å²) in [7, 11) is 0. The molecule has 2 fully saturated rings. The molecule has 5 aromatic carbocycles. The fraction of sp³-hybridized carbons (Fsp3) is 0.360. The zero-order valence-electron chi connectivity index (χ0n) is 34.5. The predicted octanol–water partition coefficient (Wildman–Crippen LogP) is 8.39. The smallest absolute Gasteiger partial charge is 0.224 e. The first kappa shape index (κ1) is 42.8.